The number of rotatable bonds is 3. The van der Waals surface area contributed by atoms with Crippen LogP contribution in [0.15, 0.2) is 0 Å². The molecule has 1 atom stereocenters. The van der Waals surface area contributed by atoms with Gasteiger partial charge in [-0.15, -0.1) is 0 Å². The van der Waals surface area contributed by atoms with Crippen LogP contribution in [-0.4, -0.2) is 55.4 Å². The number of sulfonamides is 1. The molecule has 14 heavy (non-hydrogen) atoms. The highest BCUT2D eigenvalue weighted by atomic mass is 32.2. The second kappa shape index (κ2) is 4.24. The van der Waals surface area contributed by atoms with Crippen LogP contribution >= 0.6 is 0 Å². The molecule has 1 aliphatic heterocycles. The molecular weight excluding hydrogens is 210 g/mol. The van der Waals surface area contributed by atoms with Gasteiger partial charge in [0.15, 0.2) is 6.10 Å². The largest absolute Gasteiger partial charge is 0.479 e. The van der Waals surface area contributed by atoms with E-state index < -0.39 is 22.1 Å². The number of hydrogen-bond acceptors (Lipinski definition) is 4. The zero-order valence-electron chi connectivity index (χ0n) is 7.84. The van der Waals surface area contributed by atoms with E-state index >= 15 is 0 Å². The van der Waals surface area contributed by atoms with Crippen LogP contribution in [-0.2, 0) is 19.6 Å². The van der Waals surface area contributed by atoms with E-state index in [1.165, 1.54) is 6.92 Å². The van der Waals surface area contributed by atoms with Crippen LogP contribution in [0.4, 0.5) is 0 Å². The Morgan fingerprint density at radius 3 is 2.79 bits per heavy atom. The normalized spacial score (nSPS) is 24.8. The first-order chi connectivity index (χ1) is 6.47. The molecule has 0 spiro atoms. The second-order valence-corrected chi connectivity index (χ2v) is 5.21. The van der Waals surface area contributed by atoms with E-state index in [9.17, 15) is 13.2 Å². The van der Waals surface area contributed by atoms with Crippen LogP contribution in [0.2, 0.25) is 0 Å². The minimum absolute atomic E-state index is 0.0145. The van der Waals surface area contributed by atoms with E-state index in [0.717, 1.165) is 4.31 Å². The Hall–Kier alpha value is -0.660. The summed E-state index contributed by atoms with van der Waals surface area (Å²) in [5.74, 6) is -1.14. The molecule has 1 unspecified atom stereocenters. The Balaban J connectivity index is 2.70. The number of morpholine rings is 1. The minimum atomic E-state index is -3.30. The summed E-state index contributed by atoms with van der Waals surface area (Å²) in [6.07, 6.45) is -1.04. The second-order valence-electron chi connectivity index (χ2n) is 2.96. The van der Waals surface area contributed by atoms with Crippen LogP contribution in [0.5, 0.6) is 0 Å². The van der Waals surface area contributed by atoms with Gasteiger partial charge in [0.05, 0.1) is 18.9 Å². The Kier molecular flexibility index (Phi) is 3.46. The van der Waals surface area contributed by atoms with Gasteiger partial charge in [0.1, 0.15) is 0 Å². The molecule has 0 amide bonds. The highest BCUT2D eigenvalue weighted by molar-refractivity contribution is 7.89. The van der Waals surface area contributed by atoms with Gasteiger partial charge < -0.3 is 9.84 Å². The number of hydrogen-bond donors (Lipinski definition) is 1. The van der Waals surface area contributed by atoms with Gasteiger partial charge in [-0.1, -0.05) is 0 Å². The summed E-state index contributed by atoms with van der Waals surface area (Å²) in [7, 11) is -3.30. The summed E-state index contributed by atoms with van der Waals surface area (Å²) in [4.78, 5) is 10.6. The van der Waals surface area contributed by atoms with E-state index in [1.807, 2.05) is 0 Å². The molecule has 1 heterocycles. The maximum Gasteiger partial charge on any atom is 0.334 e. The molecule has 0 saturated carbocycles. The Morgan fingerprint density at radius 1 is 1.64 bits per heavy atom. The maximum absolute atomic E-state index is 11.4. The van der Waals surface area contributed by atoms with E-state index in [-0.39, 0.29) is 25.4 Å². The molecule has 0 bridgehead atoms. The van der Waals surface area contributed by atoms with Gasteiger partial charge in [0, 0.05) is 6.54 Å². The van der Waals surface area contributed by atoms with Gasteiger partial charge in [-0.2, -0.15) is 4.31 Å². The van der Waals surface area contributed by atoms with Crippen molar-refractivity contribution in [1.82, 2.24) is 4.31 Å². The van der Waals surface area contributed by atoms with Gasteiger partial charge in [-0.25, -0.2) is 13.2 Å². The molecule has 6 nitrogen and oxygen atoms in total. The van der Waals surface area contributed by atoms with Gasteiger partial charge >= 0.3 is 5.97 Å². The van der Waals surface area contributed by atoms with Crippen LogP contribution in [0.25, 0.3) is 0 Å². The first-order valence-corrected chi connectivity index (χ1v) is 5.90. The average molecular weight is 223 g/mol. The highest BCUT2D eigenvalue weighted by Crippen LogP contribution is 2.10. The van der Waals surface area contributed by atoms with Gasteiger partial charge in [0.2, 0.25) is 10.0 Å². The Labute approximate surface area is 82.5 Å². The number of nitrogens with zero attached hydrogens (tertiary/aromatic N) is 1. The fraction of sp³-hybridized carbons (Fsp3) is 0.857. The third-order valence-electron chi connectivity index (χ3n) is 2.06. The molecule has 1 saturated heterocycles. The number of carboxylic acids is 1. The quantitative estimate of drug-likeness (QED) is 0.671. The Bertz CT molecular complexity index is 312. The predicted molar refractivity (Wildman–Crippen MR) is 48.4 cm³/mol. The summed E-state index contributed by atoms with van der Waals surface area (Å²) in [5.41, 5.74) is 0. The lowest BCUT2D eigenvalue weighted by Gasteiger charge is -2.29. The van der Waals surface area contributed by atoms with E-state index in [2.05, 4.69) is 0 Å². The van der Waals surface area contributed by atoms with Crippen molar-refractivity contribution in [2.24, 2.45) is 0 Å². The van der Waals surface area contributed by atoms with Crippen molar-refractivity contribution in [3.8, 4) is 0 Å². The van der Waals surface area contributed by atoms with E-state index in [4.69, 9.17) is 9.84 Å². The Morgan fingerprint density at radius 2 is 2.29 bits per heavy atom. The van der Waals surface area contributed by atoms with Crippen molar-refractivity contribution in [2.75, 3.05) is 25.4 Å². The zero-order chi connectivity index (χ0) is 10.8. The molecule has 1 fully saturated rings. The molecule has 1 N–H and O–H groups in total. The summed E-state index contributed by atoms with van der Waals surface area (Å²) in [6.45, 7) is 1.81. The summed E-state index contributed by atoms with van der Waals surface area (Å²) in [6, 6.07) is 0. The van der Waals surface area contributed by atoms with E-state index in [0.29, 0.717) is 0 Å². The number of carbonyl (C=O) groups is 1. The molecule has 82 valence electrons. The smallest absolute Gasteiger partial charge is 0.334 e. The van der Waals surface area contributed by atoms with Crippen molar-refractivity contribution in [3.63, 3.8) is 0 Å². The topological polar surface area (TPSA) is 83.9 Å². The molecule has 0 aromatic heterocycles. The molecule has 0 radical (unpaired) electrons. The average Bonchev–Trinajstić information content (AvgIpc) is 2.18. The molecule has 0 aliphatic carbocycles. The van der Waals surface area contributed by atoms with Crippen molar-refractivity contribution < 1.29 is 23.1 Å². The van der Waals surface area contributed by atoms with Gasteiger partial charge in [-0.05, 0) is 6.92 Å². The van der Waals surface area contributed by atoms with Gasteiger partial charge in [-0.3, -0.25) is 0 Å². The fourth-order valence-electron chi connectivity index (χ4n) is 1.21. The molecule has 0 aromatic rings. The van der Waals surface area contributed by atoms with Gasteiger partial charge in [0.25, 0.3) is 0 Å². The number of ether oxygens (including phenoxy) is 1. The third-order valence-corrected chi connectivity index (χ3v) is 3.91. The summed E-state index contributed by atoms with van der Waals surface area (Å²) in [5, 5.41) is 8.65. The van der Waals surface area contributed by atoms with Crippen molar-refractivity contribution >= 4 is 16.0 Å². The SMILES string of the molecule is CCS(=O)(=O)N1CCOC(C(=O)O)C1. The molecule has 7 heteroatoms. The van der Waals surface area contributed by atoms with Crippen molar-refractivity contribution in [3.05, 3.63) is 0 Å². The fourth-order valence-corrected chi connectivity index (χ4v) is 2.29. The molecule has 1 aliphatic rings. The van der Waals surface area contributed by atoms with Crippen molar-refractivity contribution in [1.29, 1.82) is 0 Å². The standard InChI is InChI=1S/C7H13NO5S/c1-2-14(11,12)8-3-4-13-6(5-8)7(9)10/h6H,2-5H2,1H3,(H,9,10). The molecule has 0 aromatic carbocycles. The summed E-state index contributed by atoms with van der Waals surface area (Å²) >= 11 is 0. The van der Waals surface area contributed by atoms with Crippen LogP contribution in [0.1, 0.15) is 6.92 Å². The maximum atomic E-state index is 11.4. The first kappa shape index (κ1) is 11.4. The van der Waals surface area contributed by atoms with Crippen LogP contribution in [0, 0.1) is 0 Å². The molecular formula is C7H13NO5S. The predicted octanol–water partition coefficient (Wildman–Crippen LogP) is -0.878. The van der Waals surface area contributed by atoms with Crippen LogP contribution < -0.4 is 0 Å². The van der Waals surface area contributed by atoms with Crippen LogP contribution in [0.3, 0.4) is 0 Å². The monoisotopic (exact) mass is 223 g/mol. The lowest BCUT2D eigenvalue weighted by molar-refractivity contribution is -0.153. The number of aliphatic carboxylic acids is 1. The lowest BCUT2D eigenvalue weighted by atomic mass is 10.3. The van der Waals surface area contributed by atoms with Crippen molar-refractivity contribution in [2.45, 2.75) is 13.0 Å². The number of carboxylic acid groups (broad SMARTS) is 1. The minimum Gasteiger partial charge on any atom is -0.479 e. The lowest BCUT2D eigenvalue weighted by Crippen LogP contribution is -2.48. The summed E-state index contributed by atoms with van der Waals surface area (Å²) < 4.78 is 28.9. The third kappa shape index (κ3) is 2.43. The molecule has 1 rings (SSSR count). The zero-order valence-corrected chi connectivity index (χ0v) is 8.66. The highest BCUT2D eigenvalue weighted by Gasteiger charge is 2.31. The van der Waals surface area contributed by atoms with E-state index in [1.54, 1.807) is 0 Å². The first-order valence-electron chi connectivity index (χ1n) is 4.29.